The highest BCUT2D eigenvalue weighted by molar-refractivity contribution is 9.10. The summed E-state index contributed by atoms with van der Waals surface area (Å²) in [7, 11) is 0. The van der Waals surface area contributed by atoms with Crippen LogP contribution in [-0.4, -0.2) is 42.4 Å². The van der Waals surface area contributed by atoms with Gasteiger partial charge in [-0.2, -0.15) is 13.2 Å². The summed E-state index contributed by atoms with van der Waals surface area (Å²) in [4.78, 5) is 1.19. The molecule has 20 heavy (non-hydrogen) atoms. The van der Waals surface area contributed by atoms with Crippen LogP contribution in [0.4, 0.5) is 17.6 Å². The monoisotopic (exact) mass is 356 g/mol. The lowest BCUT2D eigenvalue weighted by atomic mass is 10.0. The van der Waals surface area contributed by atoms with Gasteiger partial charge in [-0.05, 0) is 28.1 Å². The van der Waals surface area contributed by atoms with Crippen LogP contribution in [0.2, 0.25) is 0 Å². The number of aromatic hydroxyl groups is 1. The molecule has 1 aromatic carbocycles. The largest absolute Gasteiger partial charge is 0.506 e. The van der Waals surface area contributed by atoms with E-state index in [9.17, 15) is 22.7 Å². The van der Waals surface area contributed by atoms with E-state index in [1.807, 2.05) is 0 Å². The van der Waals surface area contributed by atoms with Crippen molar-refractivity contribution in [1.82, 2.24) is 10.2 Å². The van der Waals surface area contributed by atoms with E-state index in [0.717, 1.165) is 12.1 Å². The van der Waals surface area contributed by atoms with Gasteiger partial charge in [-0.15, -0.1) is 0 Å². The van der Waals surface area contributed by atoms with Gasteiger partial charge < -0.3 is 10.4 Å². The van der Waals surface area contributed by atoms with Crippen LogP contribution < -0.4 is 5.32 Å². The zero-order valence-electron chi connectivity index (χ0n) is 10.3. The predicted molar refractivity (Wildman–Crippen MR) is 69.0 cm³/mol. The van der Waals surface area contributed by atoms with E-state index in [4.69, 9.17) is 0 Å². The number of hydrogen-bond donors (Lipinski definition) is 2. The van der Waals surface area contributed by atoms with Gasteiger partial charge in [0, 0.05) is 31.7 Å². The van der Waals surface area contributed by atoms with Crippen LogP contribution in [-0.2, 0) is 0 Å². The minimum Gasteiger partial charge on any atom is -0.506 e. The molecule has 0 aliphatic carbocycles. The topological polar surface area (TPSA) is 35.5 Å². The van der Waals surface area contributed by atoms with Crippen molar-refractivity contribution in [3.63, 3.8) is 0 Å². The SMILES string of the molecule is Oc1c(Br)cc(F)cc1[C@H](N1CCNCC1)C(F)(F)F. The van der Waals surface area contributed by atoms with Crippen molar-refractivity contribution in [2.75, 3.05) is 26.2 Å². The first-order valence-electron chi connectivity index (χ1n) is 6.00. The number of nitrogens with zero attached hydrogens (tertiary/aromatic N) is 1. The summed E-state index contributed by atoms with van der Waals surface area (Å²) < 4.78 is 53.3. The molecule has 1 heterocycles. The Hall–Kier alpha value is -0.860. The molecule has 1 aliphatic heterocycles. The molecule has 0 unspecified atom stereocenters. The maximum Gasteiger partial charge on any atom is 0.408 e. The van der Waals surface area contributed by atoms with Crippen molar-refractivity contribution in [2.45, 2.75) is 12.2 Å². The fourth-order valence-electron chi connectivity index (χ4n) is 2.31. The molecule has 1 saturated heterocycles. The molecule has 0 radical (unpaired) electrons. The lowest BCUT2D eigenvalue weighted by molar-refractivity contribution is -0.188. The van der Waals surface area contributed by atoms with Gasteiger partial charge in [0.15, 0.2) is 0 Å². The van der Waals surface area contributed by atoms with Crippen molar-refractivity contribution in [3.05, 3.63) is 28.0 Å². The number of alkyl halides is 3. The second-order valence-corrected chi connectivity index (χ2v) is 5.41. The van der Waals surface area contributed by atoms with Crippen molar-refractivity contribution < 1.29 is 22.7 Å². The van der Waals surface area contributed by atoms with Crippen LogP contribution in [0.3, 0.4) is 0 Å². The second kappa shape index (κ2) is 5.87. The molecule has 0 bridgehead atoms. The van der Waals surface area contributed by atoms with E-state index in [0.29, 0.717) is 13.1 Å². The van der Waals surface area contributed by atoms with Crippen LogP contribution in [0.1, 0.15) is 11.6 Å². The summed E-state index contributed by atoms with van der Waals surface area (Å²) >= 11 is 2.87. The molecular formula is C12H13BrF4N2O. The molecule has 1 atom stereocenters. The highest BCUT2D eigenvalue weighted by Gasteiger charge is 2.46. The van der Waals surface area contributed by atoms with E-state index in [2.05, 4.69) is 21.2 Å². The van der Waals surface area contributed by atoms with Crippen LogP contribution in [0, 0.1) is 5.82 Å². The van der Waals surface area contributed by atoms with E-state index >= 15 is 0 Å². The van der Waals surface area contributed by atoms with E-state index in [1.54, 1.807) is 0 Å². The molecule has 112 valence electrons. The van der Waals surface area contributed by atoms with Gasteiger partial charge in [-0.1, -0.05) is 0 Å². The minimum absolute atomic E-state index is 0.0862. The molecule has 0 spiro atoms. The Morgan fingerprint density at radius 2 is 1.85 bits per heavy atom. The molecule has 0 amide bonds. The number of rotatable bonds is 2. The third-order valence-corrected chi connectivity index (χ3v) is 3.78. The van der Waals surface area contributed by atoms with Gasteiger partial charge in [0.25, 0.3) is 0 Å². The number of nitrogens with one attached hydrogen (secondary N) is 1. The third kappa shape index (κ3) is 3.24. The van der Waals surface area contributed by atoms with E-state index in [1.165, 1.54) is 4.90 Å². The Balaban J connectivity index is 2.46. The number of benzene rings is 1. The molecular weight excluding hydrogens is 344 g/mol. The maximum absolute atomic E-state index is 13.4. The van der Waals surface area contributed by atoms with Gasteiger partial charge in [-0.25, -0.2) is 4.39 Å². The van der Waals surface area contributed by atoms with Crippen LogP contribution in [0.25, 0.3) is 0 Å². The molecule has 1 aromatic rings. The van der Waals surface area contributed by atoms with Crippen molar-refractivity contribution >= 4 is 15.9 Å². The normalized spacial score (nSPS) is 19.1. The highest BCUT2D eigenvalue weighted by Crippen LogP contribution is 2.43. The first-order chi connectivity index (χ1) is 9.30. The lowest BCUT2D eigenvalue weighted by Crippen LogP contribution is -2.49. The Labute approximate surface area is 121 Å². The number of phenolic OH excluding ortho intramolecular Hbond substituents is 1. The standard InChI is InChI=1S/C12H13BrF4N2O/c13-9-6-7(14)5-8(10(9)20)11(12(15,16)17)19-3-1-18-2-4-19/h5-6,11,18,20H,1-4H2/t11-/m0/s1. The third-order valence-electron chi connectivity index (χ3n) is 3.18. The smallest absolute Gasteiger partial charge is 0.408 e. The van der Waals surface area contributed by atoms with Crippen molar-refractivity contribution in [3.8, 4) is 5.75 Å². The summed E-state index contributed by atoms with van der Waals surface area (Å²) in [6, 6.07) is -0.346. The molecule has 0 aromatic heterocycles. The molecule has 1 fully saturated rings. The van der Waals surface area contributed by atoms with E-state index in [-0.39, 0.29) is 17.6 Å². The zero-order valence-corrected chi connectivity index (χ0v) is 11.9. The van der Waals surface area contributed by atoms with Crippen molar-refractivity contribution in [1.29, 1.82) is 0 Å². The summed E-state index contributed by atoms with van der Waals surface area (Å²) in [5, 5.41) is 12.8. The number of halogens is 5. The maximum atomic E-state index is 13.4. The summed E-state index contributed by atoms with van der Waals surface area (Å²) in [5.41, 5.74) is -0.466. The van der Waals surface area contributed by atoms with Crippen LogP contribution in [0.5, 0.6) is 5.75 Å². The lowest BCUT2D eigenvalue weighted by Gasteiger charge is -2.36. The fourth-order valence-corrected chi connectivity index (χ4v) is 2.76. The van der Waals surface area contributed by atoms with Crippen LogP contribution >= 0.6 is 15.9 Å². The van der Waals surface area contributed by atoms with Gasteiger partial charge in [0.05, 0.1) is 4.47 Å². The summed E-state index contributed by atoms with van der Waals surface area (Å²) in [6.45, 7) is 1.20. The fraction of sp³-hybridized carbons (Fsp3) is 0.500. The average molecular weight is 357 g/mol. The Morgan fingerprint density at radius 1 is 1.25 bits per heavy atom. The average Bonchev–Trinajstić information content (AvgIpc) is 2.35. The van der Waals surface area contributed by atoms with E-state index < -0.39 is 29.3 Å². The number of hydrogen-bond acceptors (Lipinski definition) is 3. The van der Waals surface area contributed by atoms with Crippen molar-refractivity contribution in [2.24, 2.45) is 0 Å². The minimum atomic E-state index is -4.60. The summed E-state index contributed by atoms with van der Waals surface area (Å²) in [5.74, 6) is -1.40. The van der Waals surface area contributed by atoms with Crippen LogP contribution in [0.15, 0.2) is 16.6 Å². The Bertz CT molecular complexity index is 489. The number of piperazine rings is 1. The molecule has 2 rings (SSSR count). The predicted octanol–water partition coefficient (Wildman–Crippen LogP) is 2.80. The first-order valence-corrected chi connectivity index (χ1v) is 6.79. The zero-order chi connectivity index (χ0) is 14.9. The van der Waals surface area contributed by atoms with Gasteiger partial charge in [-0.3, -0.25) is 4.90 Å². The number of phenols is 1. The summed E-state index contributed by atoms with van der Waals surface area (Å²) in [6.07, 6.45) is -4.60. The Morgan fingerprint density at radius 3 is 2.40 bits per heavy atom. The second-order valence-electron chi connectivity index (χ2n) is 4.56. The highest BCUT2D eigenvalue weighted by atomic mass is 79.9. The van der Waals surface area contributed by atoms with Gasteiger partial charge in [0.1, 0.15) is 17.6 Å². The molecule has 2 N–H and O–H groups in total. The van der Waals surface area contributed by atoms with Gasteiger partial charge in [0.2, 0.25) is 0 Å². The van der Waals surface area contributed by atoms with Gasteiger partial charge >= 0.3 is 6.18 Å². The molecule has 8 heteroatoms. The molecule has 1 aliphatic rings. The molecule has 0 saturated carbocycles. The Kier molecular flexibility index (Phi) is 4.55. The first kappa shape index (κ1) is 15.5. The molecule has 3 nitrogen and oxygen atoms in total. The quantitative estimate of drug-likeness (QED) is 0.800.